The van der Waals surface area contributed by atoms with Crippen molar-refractivity contribution in [1.82, 2.24) is 4.57 Å². The van der Waals surface area contributed by atoms with Crippen LogP contribution in [0.1, 0.15) is 30.9 Å². The number of unbranched alkanes of at least 4 members (excludes halogenated alkanes) is 1. The van der Waals surface area contributed by atoms with E-state index < -0.39 is 27.2 Å². The van der Waals surface area contributed by atoms with E-state index in [1.807, 2.05) is 13.0 Å². The van der Waals surface area contributed by atoms with E-state index in [4.69, 9.17) is 25.7 Å². The number of rotatable bonds is 9. The number of nitro benzene ring substituents is 2. The fourth-order valence-corrected chi connectivity index (χ4v) is 3.86. The molecular weight excluding hydrogens is 514 g/mol. The van der Waals surface area contributed by atoms with Crippen molar-refractivity contribution in [2.75, 3.05) is 11.1 Å². The molecule has 0 saturated heterocycles. The van der Waals surface area contributed by atoms with Crippen LogP contribution in [0.25, 0.3) is 5.73 Å². The molecule has 0 fully saturated rings. The van der Waals surface area contributed by atoms with Crippen molar-refractivity contribution >= 4 is 28.4 Å². The average Bonchev–Trinajstić information content (AvgIpc) is 3.26. The largest absolute Gasteiger partial charge is 0.696 e. The number of anilines is 2. The van der Waals surface area contributed by atoms with Gasteiger partial charge in [0.2, 0.25) is 5.88 Å². The molecule has 4 rings (SSSR count). The summed E-state index contributed by atoms with van der Waals surface area (Å²) in [6.45, 7) is 3.58. The van der Waals surface area contributed by atoms with Crippen LogP contribution >= 0.6 is 0 Å². The molecule has 0 aliphatic carbocycles. The molecule has 15 heteroatoms. The zero-order valence-electron chi connectivity index (χ0n) is 20.7. The van der Waals surface area contributed by atoms with Crippen molar-refractivity contribution < 1.29 is 24.1 Å². The van der Waals surface area contributed by atoms with E-state index >= 15 is 0 Å². The number of aromatic nitrogens is 1. The van der Waals surface area contributed by atoms with Gasteiger partial charge in [0, 0.05) is 24.2 Å². The third kappa shape index (κ3) is 4.90. The summed E-state index contributed by atoms with van der Waals surface area (Å²) in [6, 6.07) is 8.48. The second-order valence-corrected chi connectivity index (χ2v) is 8.51. The second-order valence-electron chi connectivity index (χ2n) is 8.51. The van der Waals surface area contributed by atoms with Crippen LogP contribution in [-0.4, -0.2) is 20.5 Å². The molecule has 202 valence electrons. The first-order valence-corrected chi connectivity index (χ1v) is 11.6. The molecule has 2 aromatic carbocycles. The van der Waals surface area contributed by atoms with Crippen molar-refractivity contribution in [3.8, 4) is 23.4 Å². The van der Waals surface area contributed by atoms with E-state index in [9.17, 15) is 30.3 Å². The third-order valence-corrected chi connectivity index (χ3v) is 5.90. The number of nitrogens with two attached hydrogens (primary N) is 1. The molecule has 1 atom stereocenters. The van der Waals surface area contributed by atoms with Gasteiger partial charge in [0.1, 0.15) is 23.1 Å². The Bertz CT molecular complexity index is 1530. The Hall–Kier alpha value is -5.52. The summed E-state index contributed by atoms with van der Waals surface area (Å²) in [6.07, 6.45) is -1.18. The van der Waals surface area contributed by atoms with E-state index in [-0.39, 0.29) is 57.8 Å². The Balaban J connectivity index is 1.91. The number of hydrogen-bond acceptors (Lipinski definition) is 11. The molecule has 39 heavy (non-hydrogen) atoms. The first kappa shape index (κ1) is 26.5. The van der Waals surface area contributed by atoms with Crippen molar-refractivity contribution in [1.29, 1.82) is 5.26 Å². The van der Waals surface area contributed by atoms with Crippen molar-refractivity contribution in [2.45, 2.75) is 39.3 Å². The van der Waals surface area contributed by atoms with E-state index in [1.165, 1.54) is 17.6 Å². The standard InChI is InChI=1S/C24H22N7O8/c1-3-4-9-29-22(32)16(12-25)13(2)21-23(29)39-24(28-21,37-19-10-14(30(33)34)5-7-17(19)26)38-20-11-15(31(35)36)6-8-18(20)27/h5-8,10-11,26,28H,3-4,9,27H2,1-2H3/q-1/t24-/m1/s1. The number of nitrogens with one attached hydrogen (secondary N) is 2. The quantitative estimate of drug-likeness (QED) is 0.168. The Morgan fingerprint density at radius 2 is 1.77 bits per heavy atom. The number of fused-ring (bicyclic) bond motifs is 1. The lowest BCUT2D eigenvalue weighted by Gasteiger charge is -2.30. The molecule has 3 aromatic rings. The fraction of sp³-hybridized carbons (Fsp3) is 0.250. The summed E-state index contributed by atoms with van der Waals surface area (Å²) >= 11 is 0. The van der Waals surface area contributed by atoms with Gasteiger partial charge in [-0.1, -0.05) is 25.1 Å². The molecule has 0 amide bonds. The highest BCUT2D eigenvalue weighted by Gasteiger charge is 2.49. The van der Waals surface area contributed by atoms with Gasteiger partial charge >= 0.3 is 6.10 Å². The molecule has 2 heterocycles. The molecule has 0 spiro atoms. The summed E-state index contributed by atoms with van der Waals surface area (Å²) < 4.78 is 19.0. The fourth-order valence-electron chi connectivity index (χ4n) is 3.86. The molecule has 1 aromatic heterocycles. The smallest absolute Gasteiger partial charge is 0.519 e. The number of ether oxygens (including phenoxy) is 3. The van der Waals surface area contributed by atoms with E-state index in [1.54, 1.807) is 0 Å². The highest BCUT2D eigenvalue weighted by Crippen LogP contribution is 2.44. The number of benzene rings is 2. The lowest BCUT2D eigenvalue weighted by atomic mass is 10.1. The third-order valence-electron chi connectivity index (χ3n) is 5.90. The highest BCUT2D eigenvalue weighted by molar-refractivity contribution is 5.68. The average molecular weight is 536 g/mol. The Kier molecular flexibility index (Phi) is 6.87. The number of nitrogen functional groups attached to an aromatic ring is 1. The predicted octanol–water partition coefficient (Wildman–Crippen LogP) is 4.48. The number of nitrogens with zero attached hydrogens (tertiary/aromatic N) is 4. The van der Waals surface area contributed by atoms with Crippen LogP contribution in [0, 0.1) is 38.5 Å². The zero-order valence-corrected chi connectivity index (χ0v) is 20.7. The van der Waals surface area contributed by atoms with Crippen molar-refractivity contribution in [2.24, 2.45) is 0 Å². The van der Waals surface area contributed by atoms with Crippen LogP contribution < -0.4 is 30.8 Å². The first-order valence-electron chi connectivity index (χ1n) is 11.6. The molecule has 0 saturated carbocycles. The molecule has 0 bridgehead atoms. The summed E-state index contributed by atoms with van der Waals surface area (Å²) in [5.41, 5.74) is 12.7. The maximum absolute atomic E-state index is 13.1. The molecular formula is C24H22N7O8-. The lowest BCUT2D eigenvalue weighted by molar-refractivity contribution is -0.385. The van der Waals surface area contributed by atoms with Gasteiger partial charge in [-0.05, 0) is 19.4 Å². The molecule has 1 aliphatic rings. The van der Waals surface area contributed by atoms with Crippen LogP contribution in [-0.2, 0) is 6.54 Å². The maximum Gasteiger partial charge on any atom is 0.519 e. The van der Waals surface area contributed by atoms with Crippen LogP contribution in [0.2, 0.25) is 0 Å². The lowest BCUT2D eigenvalue weighted by Crippen LogP contribution is -2.52. The van der Waals surface area contributed by atoms with E-state index in [0.717, 1.165) is 30.3 Å². The minimum Gasteiger partial charge on any atom is -0.696 e. The van der Waals surface area contributed by atoms with E-state index in [0.29, 0.717) is 12.8 Å². The number of nitro groups is 2. The Labute approximate surface area is 220 Å². The summed E-state index contributed by atoms with van der Waals surface area (Å²) in [5, 5.41) is 35.2. The molecule has 0 unspecified atom stereocenters. The summed E-state index contributed by atoms with van der Waals surface area (Å²) in [5.74, 6) is -0.679. The van der Waals surface area contributed by atoms with Gasteiger partial charge in [-0.2, -0.15) is 5.26 Å². The molecule has 4 N–H and O–H groups in total. The van der Waals surface area contributed by atoms with Gasteiger partial charge in [-0.25, -0.2) is 0 Å². The molecule has 0 radical (unpaired) electrons. The Morgan fingerprint density at radius 1 is 1.15 bits per heavy atom. The number of nitriles is 1. The van der Waals surface area contributed by atoms with Crippen LogP contribution in [0.3, 0.4) is 0 Å². The minimum absolute atomic E-state index is 0.0483. The predicted molar refractivity (Wildman–Crippen MR) is 138 cm³/mol. The van der Waals surface area contributed by atoms with Gasteiger partial charge in [0.25, 0.3) is 16.9 Å². The normalized spacial score (nSPS) is 15.4. The zero-order chi connectivity index (χ0) is 28.5. The van der Waals surface area contributed by atoms with E-state index in [2.05, 4.69) is 5.32 Å². The van der Waals surface area contributed by atoms with Gasteiger partial charge < -0.3 is 25.7 Å². The van der Waals surface area contributed by atoms with Gasteiger partial charge in [0.15, 0.2) is 5.75 Å². The monoisotopic (exact) mass is 536 g/mol. The number of pyridine rings is 1. The minimum atomic E-state index is -2.45. The summed E-state index contributed by atoms with van der Waals surface area (Å²) in [4.78, 5) is 34.5. The van der Waals surface area contributed by atoms with Gasteiger partial charge in [0.05, 0.1) is 27.7 Å². The number of hydrogen-bond donors (Lipinski definition) is 2. The van der Waals surface area contributed by atoms with Crippen LogP contribution in [0.5, 0.6) is 17.4 Å². The Morgan fingerprint density at radius 3 is 2.38 bits per heavy atom. The topological polar surface area (TPSA) is 222 Å². The van der Waals surface area contributed by atoms with Crippen LogP contribution in [0.4, 0.5) is 28.4 Å². The second kappa shape index (κ2) is 10.1. The van der Waals surface area contributed by atoms with Crippen molar-refractivity contribution in [3.63, 3.8) is 0 Å². The molecule has 1 aliphatic heterocycles. The first-order chi connectivity index (χ1) is 18.5. The van der Waals surface area contributed by atoms with Crippen LogP contribution in [0.15, 0.2) is 41.2 Å². The molecule has 15 nitrogen and oxygen atoms in total. The van der Waals surface area contributed by atoms with Crippen molar-refractivity contribution in [3.05, 3.63) is 83.8 Å². The van der Waals surface area contributed by atoms with Gasteiger partial charge in [-0.15, -0.1) is 0 Å². The summed E-state index contributed by atoms with van der Waals surface area (Å²) in [7, 11) is 0. The number of non-ortho nitro benzene ring substituents is 2. The SMILES string of the molecule is CCCCn1c2c(c(C)c(C#N)c1=O)N[C@@](Oc1cc([N+](=O)[O-])ccc1[NH-])(Oc1cc([N+](=O)[O-])ccc1N)O2. The maximum atomic E-state index is 13.1. The van der Waals surface area contributed by atoms with Gasteiger partial charge in [-0.3, -0.25) is 34.9 Å². The highest BCUT2D eigenvalue weighted by atomic mass is 16.9.